The van der Waals surface area contributed by atoms with Crippen molar-refractivity contribution in [1.82, 2.24) is 0 Å². The molecule has 0 saturated carbocycles. The maximum absolute atomic E-state index is 7.51. The third kappa shape index (κ3) is 15.0. The van der Waals surface area contributed by atoms with Crippen molar-refractivity contribution in [3.05, 3.63) is 246 Å². The molecule has 468 valence electrons. The highest BCUT2D eigenvalue weighted by Gasteiger charge is 2.30. The van der Waals surface area contributed by atoms with Gasteiger partial charge in [0, 0.05) is 38.5 Å². The zero-order valence-corrected chi connectivity index (χ0v) is 54.7. The number of benzene rings is 6. The van der Waals surface area contributed by atoms with Gasteiger partial charge in [-0.15, -0.1) is 0 Å². The van der Waals surface area contributed by atoms with Crippen LogP contribution in [0.2, 0.25) is 0 Å². The largest absolute Gasteiger partial charge is 0.486 e. The normalized spacial score (nSPS) is 22.3. The maximum Gasteiger partial charge on any atom is 0.127 e. The van der Waals surface area contributed by atoms with Crippen LogP contribution in [0.25, 0.3) is 0 Å². The summed E-state index contributed by atoms with van der Waals surface area (Å²) in [4.78, 5) is 0. The van der Waals surface area contributed by atoms with Gasteiger partial charge in [0.2, 0.25) is 0 Å². The van der Waals surface area contributed by atoms with E-state index in [0.29, 0.717) is 38.5 Å². The Labute approximate surface area is 538 Å². The van der Waals surface area contributed by atoms with Gasteiger partial charge in [-0.3, -0.25) is 0 Å². The molecule has 90 heavy (non-hydrogen) atoms. The third-order valence-corrected chi connectivity index (χ3v) is 19.5. The van der Waals surface area contributed by atoms with Crippen LogP contribution in [0.5, 0.6) is 34.5 Å². The molecule has 0 N–H and O–H groups in total. The Morgan fingerprint density at radius 1 is 0.211 bits per heavy atom. The van der Waals surface area contributed by atoms with Gasteiger partial charge in [-0.05, 0) is 260 Å². The SMILES string of the molecule is Cc1cc2c(OC3C=CCCC3)c(c1)Cc1cc(C)cc(c1OC1C=CCCC1)Cc1cc(C)cc(c1OC1C=CCCC1)Cc1cc(C)cc(c1OC1C=CCCC1)Cc1cc(C)cc(c1OC1C=CCCC1)Cc1cc(C)cc(c1OC1C=CCCC1)C2. The minimum Gasteiger partial charge on any atom is -0.486 e. The molecule has 7 aliphatic rings. The minimum atomic E-state index is -0.0313. The fraction of sp³-hybridized carbons (Fsp3) is 0.429. The van der Waals surface area contributed by atoms with Crippen molar-refractivity contribution in [1.29, 1.82) is 0 Å². The first-order chi connectivity index (χ1) is 44.0. The molecule has 7 aliphatic carbocycles. The second-order valence-electron chi connectivity index (χ2n) is 27.6. The Morgan fingerprint density at radius 3 is 0.456 bits per heavy atom. The van der Waals surface area contributed by atoms with Crippen LogP contribution < -0.4 is 28.4 Å². The van der Waals surface area contributed by atoms with Gasteiger partial charge in [0.15, 0.2) is 0 Å². The predicted molar refractivity (Wildman–Crippen MR) is 368 cm³/mol. The van der Waals surface area contributed by atoms with Gasteiger partial charge >= 0.3 is 0 Å². The van der Waals surface area contributed by atoms with Gasteiger partial charge in [0.05, 0.1) is 0 Å². The third-order valence-electron chi connectivity index (χ3n) is 19.5. The van der Waals surface area contributed by atoms with Gasteiger partial charge in [0.1, 0.15) is 71.1 Å². The van der Waals surface area contributed by atoms with Gasteiger partial charge in [-0.1, -0.05) is 143 Å². The van der Waals surface area contributed by atoms with Gasteiger partial charge < -0.3 is 28.4 Å². The molecule has 0 saturated heterocycles. The average Bonchev–Trinajstić information content (AvgIpc) is 1.02. The number of hydrogen-bond donors (Lipinski definition) is 0. The molecule has 6 aromatic carbocycles. The molecule has 6 atom stereocenters. The van der Waals surface area contributed by atoms with Crippen LogP contribution in [0.4, 0.5) is 0 Å². The summed E-state index contributed by atoms with van der Waals surface area (Å²) in [6.45, 7) is 13.6. The van der Waals surface area contributed by atoms with E-state index in [-0.39, 0.29) is 36.6 Å². The number of aryl methyl sites for hydroxylation is 6. The molecule has 6 aromatic rings. The number of hydrogen-bond acceptors (Lipinski definition) is 6. The van der Waals surface area contributed by atoms with E-state index in [4.69, 9.17) is 28.4 Å². The van der Waals surface area contributed by atoms with Crippen molar-refractivity contribution in [3.63, 3.8) is 0 Å². The first-order valence-electron chi connectivity index (χ1n) is 34.7. The first kappa shape index (κ1) is 61.4. The van der Waals surface area contributed by atoms with Crippen LogP contribution in [0.1, 0.15) is 216 Å². The summed E-state index contributed by atoms with van der Waals surface area (Å²) < 4.78 is 45.0. The molecule has 13 rings (SSSR count). The van der Waals surface area contributed by atoms with Crippen LogP contribution in [0, 0.1) is 41.5 Å². The van der Waals surface area contributed by atoms with Crippen LogP contribution >= 0.6 is 0 Å². The molecular weight excluding hydrogens is 1100 g/mol. The summed E-state index contributed by atoms with van der Waals surface area (Å²) in [6, 6.07) is 28.7. The molecule has 0 aromatic heterocycles. The molecule has 0 radical (unpaired) electrons. The fourth-order valence-electron chi connectivity index (χ4n) is 15.5. The maximum atomic E-state index is 7.51. The quantitative estimate of drug-likeness (QED) is 0.114. The highest BCUT2D eigenvalue weighted by molar-refractivity contribution is 5.60. The molecule has 12 bridgehead atoms. The molecule has 6 nitrogen and oxygen atoms in total. The lowest BCUT2D eigenvalue weighted by Crippen LogP contribution is -2.20. The topological polar surface area (TPSA) is 55.4 Å². The minimum absolute atomic E-state index is 0.0313. The van der Waals surface area contributed by atoms with E-state index < -0.39 is 0 Å². The Balaban J connectivity index is 1.06. The van der Waals surface area contributed by atoms with Crippen molar-refractivity contribution in [2.45, 2.75) is 232 Å². The standard InChI is InChI=1S/C84H96O6/c1-55-37-61-49-63-39-56(2)41-65(80(63)86-74-27-15-8-16-28-74)51-67-43-58(4)45-69(82(67)88-76-31-19-10-20-32-76)53-71-47-60(6)48-72(84(71)90-78-35-23-12-24-36-78)54-70-46-59(5)44-68(83(70)89-77-33-21-11-22-34-77)52-66-42-57(3)40-64(81(66)87-75-29-17-9-18-30-75)50-62(38-55)79(61)85-73-25-13-7-14-26-73/h13,15,17,19,21,23,25,27,29,31,33,35,37-48,73-78H,7-12,14,16,18,20,22,24,26,28,30,32,34,36,49-54H2,1-6H3. The van der Waals surface area contributed by atoms with E-state index in [1.165, 1.54) is 100 Å². The number of rotatable bonds is 12. The van der Waals surface area contributed by atoms with Crippen molar-refractivity contribution >= 4 is 0 Å². The zero-order chi connectivity index (χ0) is 61.5. The van der Waals surface area contributed by atoms with Crippen LogP contribution in [-0.2, 0) is 38.5 Å². The van der Waals surface area contributed by atoms with Crippen LogP contribution in [0.15, 0.2) is 146 Å². The Bertz CT molecular complexity index is 3000. The lowest BCUT2D eigenvalue weighted by Gasteiger charge is -2.28. The number of fused-ring (bicyclic) bond motifs is 12. The monoisotopic (exact) mass is 1200 g/mol. The zero-order valence-electron chi connectivity index (χ0n) is 54.7. The first-order valence-corrected chi connectivity index (χ1v) is 34.7. The molecule has 0 fully saturated rings. The Kier molecular flexibility index (Phi) is 19.4. The number of allylic oxidation sites excluding steroid dienone is 6. The molecule has 6 unspecified atom stereocenters. The summed E-state index contributed by atoms with van der Waals surface area (Å²) in [5.74, 6) is 5.86. The van der Waals surface area contributed by atoms with Crippen LogP contribution in [0.3, 0.4) is 0 Å². The summed E-state index contributed by atoms with van der Waals surface area (Å²) in [5, 5.41) is 0. The van der Waals surface area contributed by atoms with E-state index in [0.717, 1.165) is 150 Å². The molecule has 0 heterocycles. The lowest BCUT2D eigenvalue weighted by molar-refractivity contribution is 0.221. The van der Waals surface area contributed by atoms with E-state index in [2.05, 4.69) is 187 Å². The molecule has 6 heteroatoms. The second kappa shape index (κ2) is 28.4. The smallest absolute Gasteiger partial charge is 0.127 e. The highest BCUT2D eigenvalue weighted by atomic mass is 16.5. The van der Waals surface area contributed by atoms with E-state index in [1.54, 1.807) is 0 Å². The fourth-order valence-corrected chi connectivity index (χ4v) is 15.5. The second-order valence-corrected chi connectivity index (χ2v) is 27.6. The molecule has 0 spiro atoms. The van der Waals surface area contributed by atoms with Gasteiger partial charge in [0.25, 0.3) is 0 Å². The van der Waals surface area contributed by atoms with Crippen molar-refractivity contribution in [2.24, 2.45) is 0 Å². The Morgan fingerprint density at radius 2 is 0.344 bits per heavy atom. The molecule has 0 aliphatic heterocycles. The lowest BCUT2D eigenvalue weighted by atomic mass is 9.88. The summed E-state index contributed by atoms with van der Waals surface area (Å²) in [6.07, 6.45) is 50.4. The van der Waals surface area contributed by atoms with Crippen LogP contribution in [-0.4, -0.2) is 36.6 Å². The summed E-state index contributed by atoms with van der Waals surface area (Å²) in [5.41, 5.74) is 21.4. The Hall–Kier alpha value is -7.44. The summed E-state index contributed by atoms with van der Waals surface area (Å²) >= 11 is 0. The van der Waals surface area contributed by atoms with E-state index >= 15 is 0 Å². The average molecular weight is 1200 g/mol. The molecule has 0 amide bonds. The molecular formula is C84H96O6. The van der Waals surface area contributed by atoms with Gasteiger partial charge in [-0.25, -0.2) is 0 Å². The van der Waals surface area contributed by atoms with E-state index in [1.807, 2.05) is 0 Å². The van der Waals surface area contributed by atoms with Crippen molar-refractivity contribution in [2.75, 3.05) is 0 Å². The summed E-state index contributed by atoms with van der Waals surface area (Å²) in [7, 11) is 0. The highest BCUT2D eigenvalue weighted by Crippen LogP contribution is 2.45. The van der Waals surface area contributed by atoms with Crippen molar-refractivity contribution < 1.29 is 28.4 Å². The number of ether oxygens (including phenoxy) is 6. The van der Waals surface area contributed by atoms with Crippen molar-refractivity contribution in [3.8, 4) is 34.5 Å². The predicted octanol–water partition coefficient (Wildman–Crippen LogP) is 20.3. The van der Waals surface area contributed by atoms with E-state index in [9.17, 15) is 0 Å². The van der Waals surface area contributed by atoms with Gasteiger partial charge in [-0.2, -0.15) is 0 Å².